The second kappa shape index (κ2) is 1.91. The molecule has 0 saturated heterocycles. The molecule has 0 aromatic rings. The first-order valence-corrected chi connectivity index (χ1v) is 6.19. The van der Waals surface area contributed by atoms with Gasteiger partial charge in [0.2, 0.25) is 0 Å². The van der Waals surface area contributed by atoms with Crippen LogP contribution in [0.1, 0.15) is 13.3 Å². The monoisotopic (exact) mass is 218 g/mol. The molecule has 0 aliphatic heterocycles. The van der Waals surface area contributed by atoms with Crippen LogP contribution in [0, 0.1) is 46.8 Å². The van der Waals surface area contributed by atoms with E-state index < -0.39 is 0 Å². The van der Waals surface area contributed by atoms with E-state index in [-0.39, 0.29) is 5.41 Å². The van der Waals surface area contributed by atoms with Gasteiger partial charge in [-0.25, -0.2) is 0 Å². The average Bonchev–Trinajstić information content (AvgIpc) is 2.81. The van der Waals surface area contributed by atoms with Crippen LogP contribution in [-0.2, 0) is 0 Å². The fraction of sp³-hybridized carbons (Fsp3) is 0.833. The van der Waals surface area contributed by atoms with E-state index in [1.807, 2.05) is 0 Å². The van der Waals surface area contributed by atoms with Crippen LogP contribution >= 0.6 is 0 Å². The van der Waals surface area contributed by atoms with Crippen LogP contribution in [0.15, 0.2) is 10.3 Å². The SMILES string of the molecule is C[C@]12C(=NO)[C@@H]3[C@H]4C[C@H]5[C@@H]3C(=NO)[C@@H]1[C@@H]5[C@H]42. The van der Waals surface area contributed by atoms with Gasteiger partial charge < -0.3 is 10.4 Å². The predicted molar refractivity (Wildman–Crippen MR) is 55.6 cm³/mol. The van der Waals surface area contributed by atoms with Crippen molar-refractivity contribution in [1.29, 1.82) is 0 Å². The maximum atomic E-state index is 9.29. The largest absolute Gasteiger partial charge is 0.411 e. The molecular weight excluding hydrogens is 204 g/mol. The number of oxime groups is 2. The summed E-state index contributed by atoms with van der Waals surface area (Å²) >= 11 is 0. The minimum absolute atomic E-state index is 0.0259. The third kappa shape index (κ3) is 0.437. The Morgan fingerprint density at radius 1 is 1.19 bits per heavy atom. The molecule has 5 rings (SSSR count). The number of rotatable bonds is 0. The normalized spacial score (nSPS) is 72.2. The Hall–Kier alpha value is -1.06. The van der Waals surface area contributed by atoms with Crippen LogP contribution in [-0.4, -0.2) is 21.8 Å². The molecule has 4 nitrogen and oxygen atoms in total. The van der Waals surface area contributed by atoms with Gasteiger partial charge in [-0.1, -0.05) is 17.2 Å². The summed E-state index contributed by atoms with van der Waals surface area (Å²) in [4.78, 5) is 0. The van der Waals surface area contributed by atoms with Gasteiger partial charge in [-0.15, -0.1) is 0 Å². The molecule has 5 aliphatic rings. The number of hydrogen-bond donors (Lipinski definition) is 2. The summed E-state index contributed by atoms with van der Waals surface area (Å²) in [6.07, 6.45) is 1.27. The van der Waals surface area contributed by atoms with E-state index in [0.29, 0.717) is 29.6 Å². The lowest BCUT2D eigenvalue weighted by Crippen LogP contribution is -2.57. The molecule has 8 atom stereocenters. The molecule has 0 heterocycles. The van der Waals surface area contributed by atoms with Gasteiger partial charge in [0.25, 0.3) is 0 Å². The Kier molecular flexibility index (Phi) is 0.967. The zero-order chi connectivity index (χ0) is 10.8. The maximum Gasteiger partial charge on any atom is 0.0679 e. The van der Waals surface area contributed by atoms with Gasteiger partial charge >= 0.3 is 0 Å². The first-order valence-electron chi connectivity index (χ1n) is 6.19. The fourth-order valence-electron chi connectivity index (χ4n) is 6.73. The van der Waals surface area contributed by atoms with E-state index in [2.05, 4.69) is 17.2 Å². The first kappa shape index (κ1) is 8.09. The zero-order valence-corrected chi connectivity index (χ0v) is 9.04. The van der Waals surface area contributed by atoms with Crippen LogP contribution in [0.25, 0.3) is 0 Å². The van der Waals surface area contributed by atoms with Crippen LogP contribution in [0.3, 0.4) is 0 Å². The first-order chi connectivity index (χ1) is 7.75. The second-order valence-electron chi connectivity index (χ2n) is 6.49. The summed E-state index contributed by atoms with van der Waals surface area (Å²) in [5.41, 5.74) is 2.09. The highest BCUT2D eigenvalue weighted by Crippen LogP contribution is 2.85. The quantitative estimate of drug-likeness (QED) is 0.477. The Balaban J connectivity index is 1.86. The van der Waals surface area contributed by atoms with Gasteiger partial charge in [-0.05, 0) is 30.1 Å². The molecule has 0 unspecified atom stereocenters. The minimum Gasteiger partial charge on any atom is -0.411 e. The van der Waals surface area contributed by atoms with E-state index >= 15 is 0 Å². The van der Waals surface area contributed by atoms with Crippen LogP contribution in [0.5, 0.6) is 0 Å². The Morgan fingerprint density at radius 3 is 2.69 bits per heavy atom. The summed E-state index contributed by atoms with van der Waals surface area (Å²) in [7, 11) is 0. The standard InChI is InChI=1S/C12H14N2O2/c1-12-8-4-2-3-5(6(4)11(12)14-16)10(13-15)9(12)7(3)8/h3-9,15-16H,2H2,1H3/t3-,4+,5-,6+,7-,8-,9-,12+/m0/s1. The topological polar surface area (TPSA) is 65.2 Å². The summed E-state index contributed by atoms with van der Waals surface area (Å²) < 4.78 is 0. The van der Waals surface area contributed by atoms with Gasteiger partial charge in [0.1, 0.15) is 0 Å². The molecule has 84 valence electrons. The molecule has 0 aromatic carbocycles. The van der Waals surface area contributed by atoms with Crippen molar-refractivity contribution >= 4 is 11.4 Å². The highest BCUT2D eigenvalue weighted by molar-refractivity contribution is 6.12. The molecule has 0 radical (unpaired) electrons. The van der Waals surface area contributed by atoms with E-state index in [1.54, 1.807) is 0 Å². The molecule has 0 spiro atoms. The van der Waals surface area contributed by atoms with Crippen LogP contribution < -0.4 is 0 Å². The van der Waals surface area contributed by atoms with Crippen molar-refractivity contribution in [3.8, 4) is 0 Å². The molecule has 2 N–H and O–H groups in total. The van der Waals surface area contributed by atoms with E-state index in [9.17, 15) is 10.4 Å². The molecule has 4 heteroatoms. The van der Waals surface area contributed by atoms with Crippen molar-refractivity contribution in [2.75, 3.05) is 0 Å². The Labute approximate surface area is 93.0 Å². The van der Waals surface area contributed by atoms with Crippen LogP contribution in [0.4, 0.5) is 0 Å². The van der Waals surface area contributed by atoms with Crippen molar-refractivity contribution in [2.24, 2.45) is 57.2 Å². The average molecular weight is 218 g/mol. The minimum atomic E-state index is 0.0259. The van der Waals surface area contributed by atoms with Gasteiger partial charge in [0.15, 0.2) is 0 Å². The molecule has 0 aromatic heterocycles. The molecule has 2 bridgehead atoms. The molecule has 5 saturated carbocycles. The number of nitrogens with zero attached hydrogens (tertiary/aromatic N) is 2. The summed E-state index contributed by atoms with van der Waals surface area (Å²) in [6, 6.07) is 0. The smallest absolute Gasteiger partial charge is 0.0679 e. The van der Waals surface area contributed by atoms with Gasteiger partial charge in [-0.2, -0.15) is 0 Å². The summed E-state index contributed by atoms with van der Waals surface area (Å²) in [6.45, 7) is 2.22. The lowest BCUT2D eigenvalue weighted by molar-refractivity contribution is -0.0100. The molecule has 16 heavy (non-hydrogen) atoms. The Morgan fingerprint density at radius 2 is 2.00 bits per heavy atom. The lowest BCUT2D eigenvalue weighted by Gasteiger charge is -2.53. The molecule has 5 aliphatic carbocycles. The Bertz CT molecular complexity index is 481. The molecular formula is C12H14N2O2. The van der Waals surface area contributed by atoms with E-state index in [1.165, 1.54) is 6.42 Å². The highest BCUT2D eigenvalue weighted by Gasteiger charge is 2.87. The lowest BCUT2D eigenvalue weighted by atomic mass is 9.49. The third-order valence-corrected chi connectivity index (χ3v) is 6.70. The highest BCUT2D eigenvalue weighted by atomic mass is 16.4. The van der Waals surface area contributed by atoms with E-state index in [4.69, 9.17) is 0 Å². The third-order valence-electron chi connectivity index (χ3n) is 6.70. The van der Waals surface area contributed by atoms with Gasteiger partial charge in [0.05, 0.1) is 11.4 Å². The van der Waals surface area contributed by atoms with Gasteiger partial charge in [0, 0.05) is 23.2 Å². The van der Waals surface area contributed by atoms with Crippen molar-refractivity contribution in [3.63, 3.8) is 0 Å². The van der Waals surface area contributed by atoms with Crippen molar-refractivity contribution in [2.45, 2.75) is 13.3 Å². The van der Waals surface area contributed by atoms with Crippen LogP contribution in [0.2, 0.25) is 0 Å². The van der Waals surface area contributed by atoms with Crippen molar-refractivity contribution in [1.82, 2.24) is 0 Å². The number of hydrogen-bond acceptors (Lipinski definition) is 4. The summed E-state index contributed by atoms with van der Waals surface area (Å²) in [5, 5.41) is 25.8. The predicted octanol–water partition coefficient (Wildman–Crippen LogP) is 1.42. The summed E-state index contributed by atoms with van der Waals surface area (Å²) in [5.74, 6) is 4.07. The van der Waals surface area contributed by atoms with Crippen molar-refractivity contribution < 1.29 is 10.4 Å². The maximum absolute atomic E-state index is 9.29. The second-order valence-corrected chi connectivity index (χ2v) is 6.49. The molecule has 5 fully saturated rings. The fourth-order valence-corrected chi connectivity index (χ4v) is 6.73. The van der Waals surface area contributed by atoms with Gasteiger partial charge in [-0.3, -0.25) is 0 Å². The number of fused-ring (bicyclic) bond motifs is 2. The van der Waals surface area contributed by atoms with E-state index in [0.717, 1.165) is 23.3 Å². The zero-order valence-electron chi connectivity index (χ0n) is 9.04. The molecule has 0 amide bonds. The van der Waals surface area contributed by atoms with Crippen molar-refractivity contribution in [3.05, 3.63) is 0 Å².